The molecule has 88 heavy (non-hydrogen) atoms. The molecule has 5 unspecified atom stereocenters. The number of rotatable bonds is 57. The summed E-state index contributed by atoms with van der Waals surface area (Å²) in [5.41, 5.74) is 0. The van der Waals surface area contributed by atoms with Gasteiger partial charge in [0.05, 0.1) is 61.7 Å². The number of carbonyl (C=O) groups excluding carboxylic acids is 10. The Bertz CT molecular complexity index is 1920. The van der Waals surface area contributed by atoms with Crippen LogP contribution in [-0.2, 0) is 95.3 Å². The maximum absolute atomic E-state index is 13.0. The minimum atomic E-state index is -0.535. The lowest BCUT2D eigenvalue weighted by Gasteiger charge is -2.28. The molecule has 0 bridgehead atoms. The smallest absolute Gasteiger partial charge is 0.309 e. The molecule has 0 amide bonds. The third-order valence-electron chi connectivity index (χ3n) is 12.6. The van der Waals surface area contributed by atoms with E-state index in [0.717, 1.165) is 0 Å². The molecule has 0 aliphatic heterocycles. The summed E-state index contributed by atoms with van der Waals surface area (Å²) >= 11 is 7.63. The van der Waals surface area contributed by atoms with Gasteiger partial charge in [-0.05, 0) is 31.3 Å². The molecule has 0 aromatic rings. The number of hydrogen-bond acceptors (Lipinski definition) is 30. The van der Waals surface area contributed by atoms with E-state index in [4.69, 9.17) is 47.4 Å². The monoisotopic (exact) mass is 1350 g/mol. The Morgan fingerprint density at radius 2 is 0.466 bits per heavy atom. The number of nitrogens with one attached hydrogen (secondary N) is 2. The fourth-order valence-electron chi connectivity index (χ4n) is 7.59. The number of thioether (sulfide) groups is 5. The predicted octanol–water partition coefficient (Wildman–Crippen LogP) is 3.45. The zero-order valence-electron chi connectivity index (χ0n) is 53.8. The number of esters is 10. The molecule has 0 saturated heterocycles. The molecule has 510 valence electrons. The third-order valence-corrected chi connectivity index (χ3v) is 16.8. The van der Waals surface area contributed by atoms with Crippen LogP contribution < -0.4 is 10.6 Å². The van der Waals surface area contributed by atoms with Crippen molar-refractivity contribution < 1.29 is 95.3 Å². The summed E-state index contributed by atoms with van der Waals surface area (Å²) in [6.45, 7) is 12.9. The zero-order valence-corrected chi connectivity index (χ0v) is 57.9. The van der Waals surface area contributed by atoms with Crippen molar-refractivity contribution in [2.45, 2.75) is 66.7 Å². The summed E-state index contributed by atoms with van der Waals surface area (Å²) in [7, 11) is 0. The molecule has 0 spiro atoms. The molecule has 25 nitrogen and oxygen atoms in total. The summed E-state index contributed by atoms with van der Waals surface area (Å²) in [6.07, 6.45) is 9.50. The van der Waals surface area contributed by atoms with Gasteiger partial charge in [-0.15, -0.1) is 0 Å². The van der Waals surface area contributed by atoms with Crippen LogP contribution in [-0.4, -0.2) is 286 Å². The van der Waals surface area contributed by atoms with Crippen LogP contribution in [0.1, 0.15) is 66.7 Å². The van der Waals surface area contributed by atoms with E-state index in [1.54, 1.807) is 34.6 Å². The Kier molecular flexibility index (Phi) is 53.7. The van der Waals surface area contributed by atoms with Crippen LogP contribution in [0.5, 0.6) is 0 Å². The Balaban J connectivity index is 6.03. The van der Waals surface area contributed by atoms with Crippen LogP contribution in [0, 0.1) is 29.6 Å². The van der Waals surface area contributed by atoms with Crippen molar-refractivity contribution in [2.24, 2.45) is 29.6 Å². The maximum Gasteiger partial charge on any atom is 0.309 e. The van der Waals surface area contributed by atoms with Crippen molar-refractivity contribution in [3.05, 3.63) is 0 Å². The minimum absolute atomic E-state index is 0.00182. The number of ether oxygens (including phenoxy) is 10. The van der Waals surface area contributed by atoms with Gasteiger partial charge in [-0.1, -0.05) is 34.6 Å². The first-order chi connectivity index (χ1) is 42.2. The van der Waals surface area contributed by atoms with Gasteiger partial charge < -0.3 is 72.7 Å². The zero-order chi connectivity index (χ0) is 65.7. The second-order valence-corrected chi connectivity index (χ2v) is 25.1. The maximum atomic E-state index is 13.0. The Hall–Kier alpha value is -3.75. The van der Waals surface area contributed by atoms with Crippen molar-refractivity contribution in [3.63, 3.8) is 0 Å². The van der Waals surface area contributed by atoms with Gasteiger partial charge in [0, 0.05) is 114 Å². The SMILES string of the molecule is CSCC(C)C(=O)OCCOC(=O)CCNCCN(CCNCCN(CCC(=O)OCCOC(=O)C(C)CSC)CCN(CCC(=O)OCCOC(=O)C(C)CSC)CCC(=O)OCCOC(=O)C(C)CSC)CCC(=O)OCCOC(=O)C(C)CSC. The highest BCUT2D eigenvalue weighted by Gasteiger charge is 2.21. The molecule has 0 rings (SSSR count). The summed E-state index contributed by atoms with van der Waals surface area (Å²) in [5.74, 6) is -2.79. The van der Waals surface area contributed by atoms with E-state index >= 15 is 0 Å². The third kappa shape index (κ3) is 47.2. The van der Waals surface area contributed by atoms with E-state index in [1.807, 2.05) is 41.1 Å². The molecular weight excluding hydrogens is 1250 g/mol. The second-order valence-electron chi connectivity index (χ2n) is 20.5. The molecular formula is C58H103N5O20S5. The predicted molar refractivity (Wildman–Crippen MR) is 345 cm³/mol. The molecule has 0 aliphatic carbocycles. The molecule has 0 aliphatic rings. The van der Waals surface area contributed by atoms with E-state index in [2.05, 4.69) is 15.5 Å². The van der Waals surface area contributed by atoms with Gasteiger partial charge in [-0.2, -0.15) is 58.8 Å². The van der Waals surface area contributed by atoms with E-state index in [9.17, 15) is 47.9 Å². The van der Waals surface area contributed by atoms with Crippen molar-refractivity contribution in [1.82, 2.24) is 25.3 Å². The lowest BCUT2D eigenvalue weighted by atomic mass is 10.2. The van der Waals surface area contributed by atoms with Gasteiger partial charge in [-0.3, -0.25) is 47.9 Å². The first kappa shape index (κ1) is 84.2. The van der Waals surface area contributed by atoms with Gasteiger partial charge in [0.1, 0.15) is 66.1 Å². The molecule has 0 aromatic heterocycles. The average Bonchev–Trinajstić information content (AvgIpc) is 3.50. The van der Waals surface area contributed by atoms with E-state index in [0.29, 0.717) is 94.2 Å². The molecule has 0 radical (unpaired) electrons. The van der Waals surface area contributed by atoms with Crippen LogP contribution in [0.2, 0.25) is 0 Å². The molecule has 5 atom stereocenters. The fourth-order valence-corrected chi connectivity index (χ4v) is 10.8. The number of carbonyl (C=O) groups is 10. The fraction of sp³-hybridized carbons (Fsp3) is 0.828. The Morgan fingerprint density at radius 1 is 0.273 bits per heavy atom. The highest BCUT2D eigenvalue weighted by atomic mass is 32.2. The molecule has 0 heterocycles. The normalized spacial score (nSPS) is 13.0. The van der Waals surface area contributed by atoms with Crippen LogP contribution in [0.25, 0.3) is 0 Å². The first-order valence-corrected chi connectivity index (χ1v) is 36.8. The lowest BCUT2D eigenvalue weighted by Crippen LogP contribution is -2.42. The number of nitrogens with zero attached hydrogens (tertiary/aromatic N) is 3. The van der Waals surface area contributed by atoms with Crippen LogP contribution in [0.15, 0.2) is 0 Å². The molecule has 0 aromatic carbocycles. The van der Waals surface area contributed by atoms with Gasteiger partial charge in [0.25, 0.3) is 0 Å². The summed E-state index contributed by atoms with van der Waals surface area (Å²) in [5, 5.41) is 6.68. The summed E-state index contributed by atoms with van der Waals surface area (Å²) in [4.78, 5) is 131. The molecule has 2 N–H and O–H groups in total. The lowest BCUT2D eigenvalue weighted by molar-refractivity contribution is -0.154. The average molecular weight is 1350 g/mol. The van der Waals surface area contributed by atoms with Crippen molar-refractivity contribution in [3.8, 4) is 0 Å². The largest absolute Gasteiger partial charge is 0.462 e. The van der Waals surface area contributed by atoms with Crippen molar-refractivity contribution in [1.29, 1.82) is 0 Å². The van der Waals surface area contributed by atoms with Crippen molar-refractivity contribution in [2.75, 3.05) is 211 Å². The van der Waals surface area contributed by atoms with Gasteiger partial charge in [0.2, 0.25) is 0 Å². The van der Waals surface area contributed by atoms with E-state index < -0.39 is 29.8 Å². The highest BCUT2D eigenvalue weighted by Crippen LogP contribution is 2.11. The Morgan fingerprint density at radius 3 is 0.705 bits per heavy atom. The molecule has 30 heteroatoms. The minimum Gasteiger partial charge on any atom is -0.462 e. The standard InChI is InChI=1S/C58H103N5O20S5/c1-44(39-84-6)54(69)79-34-29-74-49(64)11-16-59-17-24-62(22-14-52(67)77-32-37-82-57(72)47(4)42-87-9)25-18-60-19-26-63(23-15-53(68)78-33-38-83-58(73)48(5)43-88-10)28-27-61(20-12-50(65)75-30-35-80-55(70)45(2)40-85-7)21-13-51(66)76-31-36-81-56(71)46(3)41-86-8/h44-48,59-60H,11-43H2,1-10H3. The van der Waals surface area contributed by atoms with E-state index in [1.165, 1.54) is 58.8 Å². The van der Waals surface area contributed by atoms with Crippen molar-refractivity contribution >= 4 is 119 Å². The van der Waals surface area contributed by atoms with Crippen LogP contribution >= 0.6 is 58.8 Å². The van der Waals surface area contributed by atoms with Gasteiger partial charge >= 0.3 is 59.7 Å². The second kappa shape index (κ2) is 56.0. The topological polar surface area (TPSA) is 297 Å². The van der Waals surface area contributed by atoms with Crippen LogP contribution in [0.4, 0.5) is 0 Å². The quantitative estimate of drug-likeness (QED) is 0.0501. The molecule has 0 saturated carbocycles. The summed E-state index contributed by atoms with van der Waals surface area (Å²) < 4.78 is 53.0. The first-order valence-electron chi connectivity index (χ1n) is 29.9. The van der Waals surface area contributed by atoms with Gasteiger partial charge in [0.15, 0.2) is 0 Å². The highest BCUT2D eigenvalue weighted by molar-refractivity contribution is 7.99. The Labute approximate surface area is 543 Å². The van der Waals surface area contributed by atoms with Gasteiger partial charge in [-0.25, -0.2) is 0 Å². The summed E-state index contributed by atoms with van der Waals surface area (Å²) in [6, 6.07) is 0. The molecule has 0 fully saturated rings. The number of hydrogen-bond donors (Lipinski definition) is 2. The van der Waals surface area contributed by atoms with E-state index in [-0.39, 0.29) is 177 Å². The van der Waals surface area contributed by atoms with Crippen LogP contribution in [0.3, 0.4) is 0 Å².